The van der Waals surface area contributed by atoms with Crippen LogP contribution in [0.1, 0.15) is 5.69 Å². The third-order valence-electron chi connectivity index (χ3n) is 2.68. The molecule has 4 nitrogen and oxygen atoms in total. The van der Waals surface area contributed by atoms with Gasteiger partial charge >= 0.3 is 6.18 Å². The Morgan fingerprint density at radius 3 is 2.47 bits per heavy atom. The van der Waals surface area contributed by atoms with Gasteiger partial charge in [0.15, 0.2) is 5.65 Å². The van der Waals surface area contributed by atoms with Crippen molar-refractivity contribution in [2.24, 2.45) is 0 Å². The van der Waals surface area contributed by atoms with Gasteiger partial charge in [-0.05, 0) is 18.2 Å². The lowest BCUT2D eigenvalue weighted by atomic mass is 10.1. The van der Waals surface area contributed by atoms with E-state index in [1.54, 1.807) is 22.7 Å². The number of pyridine rings is 2. The van der Waals surface area contributed by atoms with Crippen molar-refractivity contribution in [2.75, 3.05) is 0 Å². The monoisotopic (exact) mass is 264 g/mol. The molecule has 0 unspecified atom stereocenters. The SMILES string of the molecule is FC(F)(F)c1ccc(-c2ccc3nncn3c2)cn1. The van der Waals surface area contributed by atoms with E-state index in [2.05, 4.69) is 15.2 Å². The minimum absolute atomic E-state index is 0.601. The second-order valence-corrected chi connectivity index (χ2v) is 3.94. The summed E-state index contributed by atoms with van der Waals surface area (Å²) in [5.41, 5.74) is 1.11. The van der Waals surface area contributed by atoms with Gasteiger partial charge < -0.3 is 0 Å². The van der Waals surface area contributed by atoms with Gasteiger partial charge in [-0.25, -0.2) is 0 Å². The van der Waals surface area contributed by atoms with Gasteiger partial charge in [-0.1, -0.05) is 6.07 Å². The zero-order chi connectivity index (χ0) is 13.5. The molecule has 3 aromatic rings. The summed E-state index contributed by atoms with van der Waals surface area (Å²) in [6.07, 6.45) is 0.0427. The first kappa shape index (κ1) is 11.6. The molecule has 0 aliphatic rings. The van der Waals surface area contributed by atoms with Crippen molar-refractivity contribution < 1.29 is 13.2 Å². The molecule has 3 aromatic heterocycles. The van der Waals surface area contributed by atoms with Gasteiger partial charge in [0.2, 0.25) is 0 Å². The highest BCUT2D eigenvalue weighted by Gasteiger charge is 2.32. The normalized spacial score (nSPS) is 11.9. The predicted molar refractivity (Wildman–Crippen MR) is 61.2 cm³/mol. The summed E-state index contributed by atoms with van der Waals surface area (Å²) in [7, 11) is 0. The van der Waals surface area contributed by atoms with Crippen LogP contribution in [0.3, 0.4) is 0 Å². The number of hydrogen-bond acceptors (Lipinski definition) is 3. The van der Waals surface area contributed by atoms with Crippen molar-refractivity contribution in [3.63, 3.8) is 0 Å². The van der Waals surface area contributed by atoms with E-state index >= 15 is 0 Å². The lowest BCUT2D eigenvalue weighted by Crippen LogP contribution is -2.07. The largest absolute Gasteiger partial charge is 0.433 e. The van der Waals surface area contributed by atoms with Crippen LogP contribution in [-0.2, 0) is 6.18 Å². The molecule has 3 heterocycles. The van der Waals surface area contributed by atoms with Gasteiger partial charge in [-0.2, -0.15) is 13.2 Å². The highest BCUT2D eigenvalue weighted by atomic mass is 19.4. The Balaban J connectivity index is 2.01. The van der Waals surface area contributed by atoms with Crippen molar-refractivity contribution in [2.45, 2.75) is 6.18 Å². The van der Waals surface area contributed by atoms with Gasteiger partial charge in [0.05, 0.1) is 0 Å². The van der Waals surface area contributed by atoms with Gasteiger partial charge in [0.25, 0.3) is 0 Å². The Hall–Kier alpha value is -2.44. The van der Waals surface area contributed by atoms with Crippen molar-refractivity contribution in [3.8, 4) is 11.1 Å². The van der Waals surface area contributed by atoms with E-state index in [0.29, 0.717) is 11.2 Å². The molecular weight excluding hydrogens is 257 g/mol. The molecule has 0 bridgehead atoms. The van der Waals surface area contributed by atoms with Crippen LogP contribution in [0.4, 0.5) is 13.2 Å². The Labute approximate surface area is 105 Å². The molecule has 0 saturated heterocycles. The molecule has 0 aliphatic carbocycles. The van der Waals surface area contributed by atoms with Crippen LogP contribution in [-0.4, -0.2) is 19.6 Å². The Morgan fingerprint density at radius 2 is 1.79 bits per heavy atom. The van der Waals surface area contributed by atoms with Crippen LogP contribution < -0.4 is 0 Å². The van der Waals surface area contributed by atoms with Gasteiger partial charge in [-0.15, -0.1) is 10.2 Å². The average Bonchev–Trinajstić information content (AvgIpc) is 2.85. The predicted octanol–water partition coefficient (Wildman–Crippen LogP) is 2.81. The lowest BCUT2D eigenvalue weighted by Gasteiger charge is -2.06. The maximum Gasteiger partial charge on any atom is 0.433 e. The number of halogens is 3. The molecule has 0 amide bonds. The van der Waals surface area contributed by atoms with Crippen LogP contribution in [0, 0.1) is 0 Å². The lowest BCUT2D eigenvalue weighted by molar-refractivity contribution is -0.141. The number of aromatic nitrogens is 4. The van der Waals surface area contributed by atoms with Crippen molar-refractivity contribution in [1.29, 1.82) is 0 Å². The summed E-state index contributed by atoms with van der Waals surface area (Å²) in [4.78, 5) is 3.43. The fourth-order valence-electron chi connectivity index (χ4n) is 1.73. The molecule has 96 valence electrons. The van der Waals surface area contributed by atoms with E-state index < -0.39 is 11.9 Å². The smallest absolute Gasteiger partial charge is 0.288 e. The molecule has 7 heteroatoms. The zero-order valence-electron chi connectivity index (χ0n) is 9.46. The molecule has 3 rings (SSSR count). The van der Waals surface area contributed by atoms with Crippen LogP contribution in [0.25, 0.3) is 16.8 Å². The Bertz CT molecular complexity index is 716. The molecule has 0 aliphatic heterocycles. The fraction of sp³-hybridized carbons (Fsp3) is 0.0833. The standard InChI is InChI=1S/C12H7F3N4/c13-12(14,15)10-3-1-8(5-16-10)9-2-4-11-18-17-7-19(11)6-9/h1-7H. The van der Waals surface area contributed by atoms with Crippen LogP contribution in [0.2, 0.25) is 0 Å². The molecule has 0 fully saturated rings. The second kappa shape index (κ2) is 4.04. The van der Waals surface area contributed by atoms with E-state index in [1.165, 1.54) is 18.6 Å². The maximum absolute atomic E-state index is 12.4. The first-order valence-corrected chi connectivity index (χ1v) is 5.37. The van der Waals surface area contributed by atoms with Crippen LogP contribution >= 0.6 is 0 Å². The van der Waals surface area contributed by atoms with E-state index in [-0.39, 0.29) is 0 Å². The van der Waals surface area contributed by atoms with E-state index in [0.717, 1.165) is 11.6 Å². The molecule has 0 aromatic carbocycles. The molecule has 0 spiro atoms. The number of fused-ring (bicyclic) bond motifs is 1. The van der Waals surface area contributed by atoms with Gasteiger partial charge in [0, 0.05) is 23.5 Å². The Morgan fingerprint density at radius 1 is 1.00 bits per heavy atom. The molecule has 0 atom stereocenters. The molecular formula is C12H7F3N4. The zero-order valence-corrected chi connectivity index (χ0v) is 9.46. The number of alkyl halides is 3. The van der Waals surface area contributed by atoms with Crippen molar-refractivity contribution in [1.82, 2.24) is 19.6 Å². The minimum Gasteiger partial charge on any atom is -0.288 e. The summed E-state index contributed by atoms with van der Waals surface area (Å²) in [6, 6.07) is 5.85. The molecule has 0 N–H and O–H groups in total. The number of rotatable bonds is 1. The maximum atomic E-state index is 12.4. The van der Waals surface area contributed by atoms with Crippen molar-refractivity contribution >= 4 is 5.65 Å². The van der Waals surface area contributed by atoms with Crippen LogP contribution in [0.15, 0.2) is 43.0 Å². The van der Waals surface area contributed by atoms with E-state index in [9.17, 15) is 13.2 Å². The molecule has 0 saturated carbocycles. The summed E-state index contributed by atoms with van der Waals surface area (Å²) < 4.78 is 38.9. The summed E-state index contributed by atoms with van der Waals surface area (Å²) in [6.45, 7) is 0. The van der Waals surface area contributed by atoms with Crippen molar-refractivity contribution in [3.05, 3.63) is 48.7 Å². The third kappa shape index (κ3) is 2.14. The van der Waals surface area contributed by atoms with Gasteiger partial charge in [0.1, 0.15) is 12.0 Å². The minimum atomic E-state index is -4.42. The summed E-state index contributed by atoms with van der Waals surface area (Å²) in [5.74, 6) is 0. The summed E-state index contributed by atoms with van der Waals surface area (Å²) in [5, 5.41) is 7.58. The first-order valence-electron chi connectivity index (χ1n) is 5.37. The number of nitrogens with zero attached hydrogens (tertiary/aromatic N) is 4. The molecule has 19 heavy (non-hydrogen) atoms. The highest BCUT2D eigenvalue weighted by molar-refractivity contribution is 5.63. The third-order valence-corrected chi connectivity index (χ3v) is 2.68. The van der Waals surface area contributed by atoms with Gasteiger partial charge in [-0.3, -0.25) is 9.38 Å². The number of hydrogen-bond donors (Lipinski definition) is 0. The summed E-state index contributed by atoms with van der Waals surface area (Å²) >= 11 is 0. The highest BCUT2D eigenvalue weighted by Crippen LogP contribution is 2.28. The van der Waals surface area contributed by atoms with E-state index in [1.807, 2.05) is 0 Å². The second-order valence-electron chi connectivity index (χ2n) is 3.94. The quantitative estimate of drug-likeness (QED) is 0.678. The molecule has 0 radical (unpaired) electrons. The first-order chi connectivity index (χ1) is 9.04. The Kier molecular flexibility index (Phi) is 2.48. The fourth-order valence-corrected chi connectivity index (χ4v) is 1.73. The topological polar surface area (TPSA) is 43.1 Å². The van der Waals surface area contributed by atoms with E-state index in [4.69, 9.17) is 0 Å². The average molecular weight is 264 g/mol. The van der Waals surface area contributed by atoms with Crippen LogP contribution in [0.5, 0.6) is 0 Å².